The SMILES string of the molecule is O=C(O)CC(Cn1ccc(CCCc2ccc3c(n2)NCCC3)n1)c1ccc2c(c1)OCO2. The summed E-state index contributed by atoms with van der Waals surface area (Å²) in [6.07, 6.45) is 6.93. The van der Waals surface area contributed by atoms with E-state index in [-0.39, 0.29) is 19.1 Å². The molecule has 0 radical (unpaired) electrons. The average molecular weight is 449 g/mol. The average Bonchev–Trinajstić information content (AvgIpc) is 3.47. The van der Waals surface area contributed by atoms with Gasteiger partial charge in [-0.3, -0.25) is 9.48 Å². The van der Waals surface area contributed by atoms with Crippen LogP contribution in [-0.4, -0.2) is 39.2 Å². The van der Waals surface area contributed by atoms with E-state index < -0.39 is 5.97 Å². The summed E-state index contributed by atoms with van der Waals surface area (Å²) in [6, 6.07) is 12.0. The number of carbonyl (C=O) groups is 1. The van der Waals surface area contributed by atoms with Crippen LogP contribution in [0.15, 0.2) is 42.6 Å². The van der Waals surface area contributed by atoms with E-state index in [2.05, 4.69) is 17.4 Å². The number of aliphatic carboxylic acids is 1. The van der Waals surface area contributed by atoms with Crippen molar-refractivity contribution in [2.45, 2.75) is 51.0 Å². The van der Waals surface area contributed by atoms with Gasteiger partial charge in [0.1, 0.15) is 5.82 Å². The van der Waals surface area contributed by atoms with Crippen molar-refractivity contribution in [3.05, 3.63) is 65.1 Å². The molecule has 2 N–H and O–H groups in total. The molecule has 2 aromatic heterocycles. The molecule has 0 fully saturated rings. The summed E-state index contributed by atoms with van der Waals surface area (Å²) in [5.41, 5.74) is 4.32. The normalized spacial score (nSPS) is 15.0. The van der Waals surface area contributed by atoms with Crippen molar-refractivity contribution in [1.29, 1.82) is 0 Å². The molecular formula is C25H28N4O4. The van der Waals surface area contributed by atoms with Crippen molar-refractivity contribution >= 4 is 11.8 Å². The molecule has 0 aliphatic carbocycles. The predicted molar refractivity (Wildman–Crippen MR) is 123 cm³/mol. The zero-order chi connectivity index (χ0) is 22.6. The van der Waals surface area contributed by atoms with E-state index in [1.54, 1.807) is 0 Å². The van der Waals surface area contributed by atoms with Crippen LogP contribution in [0.3, 0.4) is 0 Å². The van der Waals surface area contributed by atoms with Crippen LogP contribution in [0.25, 0.3) is 0 Å². The first-order valence-corrected chi connectivity index (χ1v) is 11.5. The Bertz CT molecular complexity index is 1140. The molecule has 33 heavy (non-hydrogen) atoms. The molecule has 1 aromatic carbocycles. The van der Waals surface area contributed by atoms with Crippen LogP contribution in [0.1, 0.15) is 47.7 Å². The molecule has 2 aliphatic rings. The molecule has 8 heteroatoms. The second-order valence-corrected chi connectivity index (χ2v) is 8.63. The van der Waals surface area contributed by atoms with Crippen molar-refractivity contribution in [3.63, 3.8) is 0 Å². The highest BCUT2D eigenvalue weighted by molar-refractivity contribution is 5.68. The quantitative estimate of drug-likeness (QED) is 0.514. The highest BCUT2D eigenvalue weighted by Gasteiger charge is 2.21. The maximum absolute atomic E-state index is 11.5. The number of pyridine rings is 1. The van der Waals surface area contributed by atoms with Gasteiger partial charge in [0.2, 0.25) is 6.79 Å². The minimum absolute atomic E-state index is 0.0207. The van der Waals surface area contributed by atoms with E-state index in [9.17, 15) is 9.90 Å². The van der Waals surface area contributed by atoms with Crippen LogP contribution in [0, 0.1) is 0 Å². The summed E-state index contributed by atoms with van der Waals surface area (Å²) < 4.78 is 12.7. The summed E-state index contributed by atoms with van der Waals surface area (Å²) in [4.78, 5) is 16.2. The highest BCUT2D eigenvalue weighted by atomic mass is 16.7. The van der Waals surface area contributed by atoms with Gasteiger partial charge in [-0.1, -0.05) is 12.1 Å². The van der Waals surface area contributed by atoms with Gasteiger partial charge in [-0.05, 0) is 67.5 Å². The lowest BCUT2D eigenvalue weighted by molar-refractivity contribution is -0.137. The van der Waals surface area contributed by atoms with Crippen LogP contribution < -0.4 is 14.8 Å². The van der Waals surface area contributed by atoms with Gasteiger partial charge in [-0.15, -0.1) is 0 Å². The number of aryl methyl sites for hydroxylation is 3. The number of nitrogens with zero attached hydrogens (tertiary/aromatic N) is 3. The van der Waals surface area contributed by atoms with Crippen LogP contribution in [-0.2, 0) is 30.6 Å². The van der Waals surface area contributed by atoms with Crippen LogP contribution in [0.2, 0.25) is 0 Å². The lowest BCUT2D eigenvalue weighted by Gasteiger charge is -2.17. The van der Waals surface area contributed by atoms with Gasteiger partial charge in [0.25, 0.3) is 0 Å². The summed E-state index contributed by atoms with van der Waals surface area (Å²) in [7, 11) is 0. The van der Waals surface area contributed by atoms with E-state index in [1.807, 2.05) is 35.1 Å². The number of ether oxygens (including phenoxy) is 2. The van der Waals surface area contributed by atoms with Gasteiger partial charge >= 0.3 is 5.97 Å². The van der Waals surface area contributed by atoms with Crippen molar-refractivity contribution < 1.29 is 19.4 Å². The highest BCUT2D eigenvalue weighted by Crippen LogP contribution is 2.36. The molecule has 0 amide bonds. The van der Waals surface area contributed by atoms with E-state index in [0.29, 0.717) is 18.0 Å². The molecule has 4 heterocycles. The molecule has 1 unspecified atom stereocenters. The first-order valence-electron chi connectivity index (χ1n) is 11.5. The molecule has 3 aromatic rings. The van der Waals surface area contributed by atoms with E-state index >= 15 is 0 Å². The number of fused-ring (bicyclic) bond motifs is 2. The maximum Gasteiger partial charge on any atom is 0.304 e. The molecule has 0 saturated carbocycles. The van der Waals surface area contributed by atoms with Gasteiger partial charge < -0.3 is 19.9 Å². The molecule has 172 valence electrons. The Morgan fingerprint density at radius 1 is 1.12 bits per heavy atom. The smallest absolute Gasteiger partial charge is 0.304 e. The number of aromatic nitrogens is 3. The van der Waals surface area contributed by atoms with Gasteiger partial charge in [0.05, 0.1) is 12.1 Å². The lowest BCUT2D eigenvalue weighted by Crippen LogP contribution is -2.14. The third-order valence-corrected chi connectivity index (χ3v) is 6.21. The summed E-state index contributed by atoms with van der Waals surface area (Å²) in [5, 5.41) is 17.5. The molecule has 1 atom stereocenters. The van der Waals surface area contributed by atoms with Gasteiger partial charge in [-0.2, -0.15) is 5.10 Å². The number of carboxylic acids is 1. The monoisotopic (exact) mass is 448 g/mol. The molecule has 0 saturated heterocycles. The zero-order valence-electron chi connectivity index (χ0n) is 18.5. The van der Waals surface area contributed by atoms with Crippen LogP contribution in [0.4, 0.5) is 5.82 Å². The molecule has 0 bridgehead atoms. The number of hydrogen-bond acceptors (Lipinski definition) is 6. The molecule has 2 aliphatic heterocycles. The van der Waals surface area contributed by atoms with E-state index in [0.717, 1.165) is 55.0 Å². The summed E-state index contributed by atoms with van der Waals surface area (Å²) in [5.74, 6) is 1.35. The van der Waals surface area contributed by atoms with Crippen LogP contribution in [0.5, 0.6) is 11.5 Å². The molecule has 5 rings (SSSR count). The van der Waals surface area contributed by atoms with Crippen molar-refractivity contribution in [3.8, 4) is 11.5 Å². The van der Waals surface area contributed by atoms with E-state index in [4.69, 9.17) is 19.6 Å². The fourth-order valence-corrected chi connectivity index (χ4v) is 4.49. The Morgan fingerprint density at radius 3 is 2.91 bits per heavy atom. The number of nitrogens with one attached hydrogen (secondary N) is 1. The zero-order valence-corrected chi connectivity index (χ0v) is 18.5. The molecular weight excluding hydrogens is 420 g/mol. The topological polar surface area (TPSA) is 98.5 Å². The van der Waals surface area contributed by atoms with Gasteiger partial charge in [0, 0.05) is 30.9 Å². The first kappa shape index (κ1) is 21.3. The van der Waals surface area contributed by atoms with E-state index in [1.165, 1.54) is 12.0 Å². The summed E-state index contributed by atoms with van der Waals surface area (Å²) >= 11 is 0. The maximum atomic E-state index is 11.5. The van der Waals surface area contributed by atoms with Gasteiger partial charge in [-0.25, -0.2) is 4.98 Å². The Balaban J connectivity index is 1.19. The number of rotatable bonds is 9. The van der Waals surface area contributed by atoms with Crippen molar-refractivity contribution in [1.82, 2.24) is 14.8 Å². The van der Waals surface area contributed by atoms with Crippen molar-refractivity contribution in [2.75, 3.05) is 18.7 Å². The fraction of sp³-hybridized carbons (Fsp3) is 0.400. The summed E-state index contributed by atoms with van der Waals surface area (Å²) in [6.45, 7) is 1.68. The predicted octanol–water partition coefficient (Wildman–Crippen LogP) is 3.80. The second-order valence-electron chi connectivity index (χ2n) is 8.63. The second kappa shape index (κ2) is 9.52. The third kappa shape index (κ3) is 5.10. The van der Waals surface area contributed by atoms with Crippen molar-refractivity contribution in [2.24, 2.45) is 0 Å². The number of anilines is 1. The Kier molecular flexibility index (Phi) is 6.15. The molecule has 0 spiro atoms. The fourth-order valence-electron chi connectivity index (χ4n) is 4.49. The van der Waals surface area contributed by atoms with Crippen LogP contribution >= 0.6 is 0 Å². The Labute approximate surface area is 192 Å². The minimum Gasteiger partial charge on any atom is -0.481 e. The minimum atomic E-state index is -0.836. The van der Waals surface area contributed by atoms with Gasteiger partial charge in [0.15, 0.2) is 11.5 Å². The number of benzene rings is 1. The lowest BCUT2D eigenvalue weighted by atomic mass is 9.95. The number of carboxylic acid groups (broad SMARTS) is 1. The number of hydrogen-bond donors (Lipinski definition) is 2. The Hall–Kier alpha value is -3.55. The third-order valence-electron chi connectivity index (χ3n) is 6.21. The first-order chi connectivity index (χ1) is 16.1. The molecule has 8 nitrogen and oxygen atoms in total. The Morgan fingerprint density at radius 2 is 2.00 bits per heavy atom. The largest absolute Gasteiger partial charge is 0.481 e. The standard InChI is InChI=1S/C25H28N4O4/c30-24(31)14-19(18-7-9-22-23(13-18)33-16-32-22)15-29-12-10-21(28-29)5-1-4-20-8-6-17-3-2-11-26-25(17)27-20/h6-10,12-13,19H,1-5,11,14-16H2,(H,26,27)(H,30,31).